The third-order valence-electron chi connectivity index (χ3n) is 4.93. The molecule has 1 heterocycles. The Hall–Kier alpha value is -3.33. The quantitative estimate of drug-likeness (QED) is 0.722. The molecule has 0 spiro atoms. The molecule has 0 bridgehead atoms. The van der Waals surface area contributed by atoms with E-state index in [0.717, 1.165) is 42.4 Å². The lowest BCUT2D eigenvalue weighted by Gasteiger charge is -2.13. The van der Waals surface area contributed by atoms with Crippen LogP contribution in [0.4, 0.5) is 4.39 Å². The van der Waals surface area contributed by atoms with E-state index in [4.69, 9.17) is 9.15 Å². The highest BCUT2D eigenvalue weighted by atomic mass is 19.1. The van der Waals surface area contributed by atoms with Crippen LogP contribution in [0.1, 0.15) is 35.8 Å². The van der Waals surface area contributed by atoms with Crippen LogP contribution in [-0.4, -0.2) is 12.5 Å². The van der Waals surface area contributed by atoms with Crippen molar-refractivity contribution in [2.45, 2.75) is 31.7 Å². The van der Waals surface area contributed by atoms with E-state index in [-0.39, 0.29) is 6.61 Å². The number of nitrogens with zero attached hydrogens (tertiary/aromatic N) is 1. The summed E-state index contributed by atoms with van der Waals surface area (Å²) >= 11 is 0. The molecule has 0 fully saturated rings. The normalized spacial score (nSPS) is 14.1. The maximum atomic E-state index is 13.0. The van der Waals surface area contributed by atoms with E-state index >= 15 is 0 Å². The summed E-state index contributed by atoms with van der Waals surface area (Å²) in [5.41, 5.74) is 2.59. The second kappa shape index (κ2) is 7.73. The number of aryl methyl sites for hydroxylation is 2. The van der Waals surface area contributed by atoms with Gasteiger partial charge in [0, 0.05) is 17.4 Å². The number of fused-ring (bicyclic) bond motifs is 3. The van der Waals surface area contributed by atoms with Gasteiger partial charge >= 0.3 is 0 Å². The lowest BCUT2D eigenvalue weighted by Crippen LogP contribution is -2.32. The maximum absolute atomic E-state index is 13.0. The van der Waals surface area contributed by atoms with Crippen LogP contribution in [0.25, 0.3) is 11.0 Å². The van der Waals surface area contributed by atoms with Crippen LogP contribution in [-0.2, 0) is 17.6 Å². The van der Waals surface area contributed by atoms with Crippen LogP contribution in [0.2, 0.25) is 0 Å². The van der Waals surface area contributed by atoms with Gasteiger partial charge in [0.15, 0.2) is 6.61 Å². The minimum absolute atomic E-state index is 0.217. The summed E-state index contributed by atoms with van der Waals surface area (Å²) in [6, 6.07) is 12.1. The fourth-order valence-electron chi connectivity index (χ4n) is 3.53. The van der Waals surface area contributed by atoms with Gasteiger partial charge in [-0.05, 0) is 55.2 Å². The molecule has 1 aromatic heterocycles. The lowest BCUT2D eigenvalue weighted by molar-refractivity contribution is -0.123. The second-order valence-corrected chi connectivity index (χ2v) is 6.84. The number of carbonyl (C=O) groups is 1. The molecule has 0 saturated carbocycles. The van der Waals surface area contributed by atoms with Crippen molar-refractivity contribution < 1.29 is 18.3 Å². The zero-order valence-corrected chi connectivity index (χ0v) is 15.2. The van der Waals surface area contributed by atoms with E-state index in [1.165, 1.54) is 29.8 Å². The molecule has 1 N–H and O–H groups in total. The predicted octanol–water partition coefficient (Wildman–Crippen LogP) is 4.21. The third kappa shape index (κ3) is 3.70. The standard InChI is InChI=1S/C22H19FN2O3/c23-15-7-5-14(6-8-15)19(12-24)25-22(26)13-27-16-9-10-21-18(11-16)17-3-1-2-4-20(17)28-21/h5-11,19H,1-4,13H2,(H,25,26)/t19-/m0/s1. The molecule has 3 aromatic rings. The van der Waals surface area contributed by atoms with E-state index < -0.39 is 17.8 Å². The Morgan fingerprint density at radius 2 is 2.00 bits per heavy atom. The largest absolute Gasteiger partial charge is 0.484 e. The number of amides is 1. The number of nitriles is 1. The SMILES string of the molecule is N#C[C@H](NC(=O)COc1ccc2oc3c(c2c1)CCCC3)c1ccc(F)cc1. The molecule has 1 aliphatic rings. The number of ether oxygens (including phenoxy) is 1. The summed E-state index contributed by atoms with van der Waals surface area (Å²) < 4.78 is 24.5. The molecular formula is C22H19FN2O3. The first-order valence-electron chi connectivity index (χ1n) is 9.25. The smallest absolute Gasteiger partial charge is 0.259 e. The minimum Gasteiger partial charge on any atom is -0.484 e. The highest BCUT2D eigenvalue weighted by molar-refractivity contribution is 5.84. The Kier molecular flexibility index (Phi) is 4.98. The molecule has 6 heteroatoms. The molecule has 0 radical (unpaired) electrons. The number of hydrogen-bond donors (Lipinski definition) is 1. The fraction of sp³-hybridized carbons (Fsp3) is 0.273. The fourth-order valence-corrected chi connectivity index (χ4v) is 3.53. The third-order valence-corrected chi connectivity index (χ3v) is 4.93. The minimum atomic E-state index is -0.861. The van der Waals surface area contributed by atoms with Crippen molar-refractivity contribution in [3.63, 3.8) is 0 Å². The number of benzene rings is 2. The van der Waals surface area contributed by atoms with Crippen molar-refractivity contribution in [3.05, 3.63) is 65.2 Å². The van der Waals surface area contributed by atoms with Gasteiger partial charge in [-0.15, -0.1) is 0 Å². The van der Waals surface area contributed by atoms with Gasteiger partial charge in [0.05, 0.1) is 6.07 Å². The van der Waals surface area contributed by atoms with Crippen molar-refractivity contribution in [2.75, 3.05) is 6.61 Å². The van der Waals surface area contributed by atoms with Crippen LogP contribution >= 0.6 is 0 Å². The summed E-state index contributed by atoms with van der Waals surface area (Å²) in [4.78, 5) is 12.2. The summed E-state index contributed by atoms with van der Waals surface area (Å²) in [5, 5.41) is 12.9. The van der Waals surface area contributed by atoms with Crippen LogP contribution < -0.4 is 10.1 Å². The Labute approximate surface area is 161 Å². The summed E-state index contributed by atoms with van der Waals surface area (Å²) in [6.45, 7) is -0.217. The number of nitrogens with one attached hydrogen (secondary N) is 1. The Morgan fingerprint density at radius 1 is 1.21 bits per heavy atom. The molecule has 4 rings (SSSR count). The summed E-state index contributed by atoms with van der Waals surface area (Å²) in [5.74, 6) is 0.802. The van der Waals surface area contributed by atoms with Gasteiger partial charge in [-0.3, -0.25) is 4.79 Å². The van der Waals surface area contributed by atoms with Crippen molar-refractivity contribution in [1.82, 2.24) is 5.32 Å². The number of rotatable bonds is 5. The number of hydrogen-bond acceptors (Lipinski definition) is 4. The van der Waals surface area contributed by atoms with E-state index in [1.54, 1.807) is 6.07 Å². The summed E-state index contributed by atoms with van der Waals surface area (Å²) in [6.07, 6.45) is 4.24. The van der Waals surface area contributed by atoms with E-state index in [0.29, 0.717) is 11.3 Å². The molecule has 142 valence electrons. The van der Waals surface area contributed by atoms with Gasteiger partial charge in [0.2, 0.25) is 0 Å². The monoisotopic (exact) mass is 378 g/mol. The highest BCUT2D eigenvalue weighted by Crippen LogP contribution is 2.33. The van der Waals surface area contributed by atoms with Crippen LogP contribution in [0.15, 0.2) is 46.9 Å². The molecule has 2 aromatic carbocycles. The van der Waals surface area contributed by atoms with Gasteiger partial charge < -0.3 is 14.5 Å². The van der Waals surface area contributed by atoms with Gasteiger partial charge in [-0.25, -0.2) is 4.39 Å². The van der Waals surface area contributed by atoms with E-state index in [9.17, 15) is 14.4 Å². The van der Waals surface area contributed by atoms with E-state index in [1.807, 2.05) is 18.2 Å². The van der Waals surface area contributed by atoms with Gasteiger partial charge in [0.1, 0.15) is 29.0 Å². The molecule has 5 nitrogen and oxygen atoms in total. The molecule has 0 aliphatic heterocycles. The molecule has 1 atom stereocenters. The lowest BCUT2D eigenvalue weighted by atomic mass is 9.96. The van der Waals surface area contributed by atoms with Gasteiger partial charge in [-0.2, -0.15) is 5.26 Å². The molecule has 28 heavy (non-hydrogen) atoms. The van der Waals surface area contributed by atoms with Crippen molar-refractivity contribution >= 4 is 16.9 Å². The second-order valence-electron chi connectivity index (χ2n) is 6.84. The molecule has 1 amide bonds. The van der Waals surface area contributed by atoms with E-state index in [2.05, 4.69) is 5.32 Å². The number of halogens is 1. The first-order valence-corrected chi connectivity index (χ1v) is 9.25. The van der Waals surface area contributed by atoms with Crippen LogP contribution in [0.5, 0.6) is 5.75 Å². The van der Waals surface area contributed by atoms with Crippen molar-refractivity contribution in [3.8, 4) is 11.8 Å². The number of carbonyl (C=O) groups excluding carboxylic acids is 1. The Bertz CT molecular complexity index is 1050. The zero-order valence-electron chi connectivity index (χ0n) is 15.2. The van der Waals surface area contributed by atoms with Crippen molar-refractivity contribution in [1.29, 1.82) is 5.26 Å². The average molecular weight is 378 g/mol. The van der Waals surface area contributed by atoms with Gasteiger partial charge in [0.25, 0.3) is 5.91 Å². The molecular weight excluding hydrogens is 359 g/mol. The molecule has 0 saturated heterocycles. The van der Waals surface area contributed by atoms with Gasteiger partial charge in [-0.1, -0.05) is 12.1 Å². The Morgan fingerprint density at radius 3 is 2.79 bits per heavy atom. The summed E-state index contributed by atoms with van der Waals surface area (Å²) in [7, 11) is 0. The zero-order chi connectivity index (χ0) is 19.5. The maximum Gasteiger partial charge on any atom is 0.259 e. The Balaban J connectivity index is 1.41. The topological polar surface area (TPSA) is 75.3 Å². The molecule has 0 unspecified atom stereocenters. The van der Waals surface area contributed by atoms with Crippen LogP contribution in [0.3, 0.4) is 0 Å². The molecule has 1 aliphatic carbocycles. The predicted molar refractivity (Wildman–Crippen MR) is 101 cm³/mol. The van der Waals surface area contributed by atoms with Crippen LogP contribution in [0, 0.1) is 17.1 Å². The highest BCUT2D eigenvalue weighted by Gasteiger charge is 2.19. The average Bonchev–Trinajstić information content (AvgIpc) is 3.09. The first-order chi connectivity index (χ1) is 13.6. The van der Waals surface area contributed by atoms with Crippen molar-refractivity contribution in [2.24, 2.45) is 0 Å². The number of furan rings is 1. The first kappa shape index (κ1) is 18.1.